The summed E-state index contributed by atoms with van der Waals surface area (Å²) in [6, 6.07) is 19.7. The quantitative estimate of drug-likeness (QED) is 0.539. The number of likely N-dealkylation sites (tertiary alicyclic amines) is 1. The van der Waals surface area contributed by atoms with Crippen LogP contribution in [0.1, 0.15) is 45.4 Å². The van der Waals surface area contributed by atoms with Crippen LogP contribution in [0, 0.1) is 11.8 Å². The van der Waals surface area contributed by atoms with Crippen LogP contribution < -0.4 is 0 Å². The van der Waals surface area contributed by atoms with Crippen LogP contribution >= 0.6 is 11.3 Å². The van der Waals surface area contributed by atoms with Crippen molar-refractivity contribution in [3.63, 3.8) is 0 Å². The minimum atomic E-state index is -0.132. The summed E-state index contributed by atoms with van der Waals surface area (Å²) >= 11 is 1.54. The van der Waals surface area contributed by atoms with E-state index in [-0.39, 0.29) is 17.7 Å². The molecule has 0 aliphatic carbocycles. The van der Waals surface area contributed by atoms with Crippen molar-refractivity contribution >= 4 is 23.2 Å². The second kappa shape index (κ2) is 10.9. The number of nitrogens with zero attached hydrogens (tertiary/aromatic N) is 3. The molecular weight excluding hydrogens is 430 g/mol. The predicted octanol–water partition coefficient (Wildman–Crippen LogP) is 4.22. The van der Waals surface area contributed by atoms with Gasteiger partial charge in [-0.2, -0.15) is 0 Å². The van der Waals surface area contributed by atoms with Crippen molar-refractivity contribution in [2.45, 2.75) is 25.2 Å². The molecule has 1 fully saturated rings. The molecule has 0 unspecified atom stereocenters. The van der Waals surface area contributed by atoms with Crippen molar-refractivity contribution in [3.8, 4) is 11.8 Å². The molecule has 168 valence electrons. The molecule has 0 atom stereocenters. The smallest absolute Gasteiger partial charge is 0.298 e. The number of amides is 2. The first-order valence-corrected chi connectivity index (χ1v) is 12.1. The van der Waals surface area contributed by atoms with Gasteiger partial charge in [0.15, 0.2) is 0 Å². The molecule has 33 heavy (non-hydrogen) atoms. The van der Waals surface area contributed by atoms with Gasteiger partial charge in [-0.25, -0.2) is 4.98 Å². The Kier molecular flexibility index (Phi) is 7.54. The molecule has 1 aromatic heterocycles. The third-order valence-corrected chi connectivity index (χ3v) is 6.89. The SMILES string of the molecule is CN(CCc1ccccc1)C(=O)c1csc(C2CCN(C(=O)C#Cc3ccccc3)CC2)n1. The molecule has 6 heteroatoms. The number of carbonyl (C=O) groups excluding carboxylic acids is 2. The Morgan fingerprint density at radius 3 is 2.42 bits per heavy atom. The molecular formula is C27H27N3O2S. The normalized spacial score (nSPS) is 13.8. The van der Waals surface area contributed by atoms with Gasteiger partial charge in [-0.1, -0.05) is 54.5 Å². The predicted molar refractivity (Wildman–Crippen MR) is 131 cm³/mol. The summed E-state index contributed by atoms with van der Waals surface area (Å²) in [6.07, 6.45) is 2.49. The molecule has 3 aromatic rings. The fraction of sp³-hybridized carbons (Fsp3) is 0.296. The molecule has 1 aliphatic heterocycles. The fourth-order valence-electron chi connectivity index (χ4n) is 3.87. The lowest BCUT2D eigenvalue weighted by Gasteiger charge is -2.29. The minimum Gasteiger partial charge on any atom is -0.340 e. The number of piperidine rings is 1. The molecule has 1 aliphatic rings. The summed E-state index contributed by atoms with van der Waals surface area (Å²) < 4.78 is 0. The van der Waals surface area contributed by atoms with Crippen LogP contribution in [0.3, 0.4) is 0 Å². The zero-order valence-corrected chi connectivity index (χ0v) is 19.6. The van der Waals surface area contributed by atoms with Crippen molar-refractivity contribution in [2.75, 3.05) is 26.7 Å². The lowest BCUT2D eigenvalue weighted by molar-refractivity contribution is -0.126. The first-order chi connectivity index (χ1) is 16.1. The topological polar surface area (TPSA) is 53.5 Å². The van der Waals surface area contributed by atoms with E-state index in [9.17, 15) is 9.59 Å². The zero-order chi connectivity index (χ0) is 23.0. The molecule has 0 bridgehead atoms. The van der Waals surface area contributed by atoms with Crippen LogP contribution in [0.25, 0.3) is 0 Å². The first-order valence-electron chi connectivity index (χ1n) is 11.2. The molecule has 2 amide bonds. The lowest BCUT2D eigenvalue weighted by atomic mass is 9.97. The van der Waals surface area contributed by atoms with Gasteiger partial charge in [0.1, 0.15) is 5.69 Å². The van der Waals surface area contributed by atoms with Gasteiger partial charge in [-0.05, 0) is 37.0 Å². The highest BCUT2D eigenvalue weighted by molar-refractivity contribution is 7.09. The van der Waals surface area contributed by atoms with Crippen LogP contribution in [0.2, 0.25) is 0 Å². The Morgan fingerprint density at radius 2 is 1.73 bits per heavy atom. The summed E-state index contributed by atoms with van der Waals surface area (Å²) in [5, 5.41) is 2.84. The first kappa shape index (κ1) is 22.8. The van der Waals surface area contributed by atoms with Gasteiger partial charge in [-0.3, -0.25) is 9.59 Å². The zero-order valence-electron chi connectivity index (χ0n) is 18.7. The lowest BCUT2D eigenvalue weighted by Crippen LogP contribution is -2.37. The van der Waals surface area contributed by atoms with E-state index in [2.05, 4.69) is 29.0 Å². The molecule has 5 nitrogen and oxygen atoms in total. The molecule has 4 rings (SSSR count). The summed E-state index contributed by atoms with van der Waals surface area (Å²) in [5.74, 6) is 5.79. The maximum absolute atomic E-state index is 12.8. The minimum absolute atomic E-state index is 0.0442. The number of carbonyl (C=O) groups is 2. The third kappa shape index (κ3) is 6.09. The third-order valence-electron chi connectivity index (χ3n) is 5.89. The molecule has 0 spiro atoms. The van der Waals surface area contributed by atoms with Gasteiger partial charge < -0.3 is 9.80 Å². The summed E-state index contributed by atoms with van der Waals surface area (Å²) in [6.45, 7) is 1.97. The fourth-order valence-corrected chi connectivity index (χ4v) is 4.83. The number of hydrogen-bond acceptors (Lipinski definition) is 4. The van der Waals surface area contributed by atoms with Crippen LogP contribution in [0.15, 0.2) is 66.0 Å². The van der Waals surface area contributed by atoms with E-state index in [0.717, 1.165) is 29.8 Å². The van der Waals surface area contributed by atoms with Crippen LogP contribution in [0.5, 0.6) is 0 Å². The van der Waals surface area contributed by atoms with Crippen molar-refractivity contribution in [2.24, 2.45) is 0 Å². The van der Waals surface area contributed by atoms with Crippen molar-refractivity contribution < 1.29 is 9.59 Å². The van der Waals surface area contributed by atoms with Gasteiger partial charge in [0.05, 0.1) is 5.01 Å². The van der Waals surface area contributed by atoms with Crippen LogP contribution in [-0.2, 0) is 11.2 Å². The van der Waals surface area contributed by atoms with Gasteiger partial charge >= 0.3 is 0 Å². The van der Waals surface area contributed by atoms with E-state index in [0.29, 0.717) is 25.3 Å². The highest BCUT2D eigenvalue weighted by atomic mass is 32.1. The number of benzene rings is 2. The van der Waals surface area contributed by atoms with Crippen LogP contribution in [0.4, 0.5) is 0 Å². The Balaban J connectivity index is 1.28. The molecule has 1 saturated heterocycles. The Bertz CT molecular complexity index is 1140. The van der Waals surface area contributed by atoms with Gasteiger partial charge in [0.25, 0.3) is 11.8 Å². The van der Waals surface area contributed by atoms with E-state index in [1.165, 1.54) is 5.56 Å². The van der Waals surface area contributed by atoms with Crippen molar-refractivity contribution in [3.05, 3.63) is 87.9 Å². The maximum atomic E-state index is 12.8. The number of likely N-dealkylation sites (N-methyl/N-ethyl adjacent to an activating group) is 1. The second-order valence-electron chi connectivity index (χ2n) is 8.22. The van der Waals surface area contributed by atoms with Gasteiger partial charge in [0, 0.05) is 49.5 Å². The van der Waals surface area contributed by atoms with Crippen molar-refractivity contribution in [1.82, 2.24) is 14.8 Å². The molecule has 2 heterocycles. The van der Waals surface area contributed by atoms with Crippen molar-refractivity contribution in [1.29, 1.82) is 0 Å². The van der Waals surface area contributed by atoms with Gasteiger partial charge in [0.2, 0.25) is 0 Å². The highest BCUT2D eigenvalue weighted by Gasteiger charge is 2.26. The second-order valence-corrected chi connectivity index (χ2v) is 9.11. The summed E-state index contributed by atoms with van der Waals surface area (Å²) in [4.78, 5) is 33.4. The van der Waals surface area contributed by atoms with Gasteiger partial charge in [-0.15, -0.1) is 11.3 Å². The van der Waals surface area contributed by atoms with E-state index in [4.69, 9.17) is 0 Å². The summed E-state index contributed by atoms with van der Waals surface area (Å²) in [5.41, 5.74) is 2.57. The largest absolute Gasteiger partial charge is 0.340 e. The molecule has 0 saturated carbocycles. The molecule has 0 N–H and O–H groups in total. The molecule has 0 radical (unpaired) electrons. The number of aromatic nitrogens is 1. The van der Waals surface area contributed by atoms with E-state index < -0.39 is 0 Å². The average Bonchev–Trinajstić information content (AvgIpc) is 3.37. The average molecular weight is 458 g/mol. The summed E-state index contributed by atoms with van der Waals surface area (Å²) in [7, 11) is 1.82. The number of thiazole rings is 1. The standard InChI is InChI=1S/C27H27N3O2S/c1-29(17-14-22-10-6-3-7-11-22)27(32)24-20-33-26(28-24)23-15-18-30(19-16-23)25(31)13-12-21-8-4-2-5-9-21/h2-11,20,23H,14-19H2,1H3. The van der Waals surface area contributed by atoms with E-state index in [1.54, 1.807) is 16.2 Å². The number of hydrogen-bond donors (Lipinski definition) is 0. The van der Waals surface area contributed by atoms with Crippen LogP contribution in [-0.4, -0.2) is 53.3 Å². The maximum Gasteiger partial charge on any atom is 0.298 e. The Morgan fingerprint density at radius 1 is 1.06 bits per heavy atom. The molecule has 2 aromatic carbocycles. The number of rotatable bonds is 5. The Hall–Kier alpha value is -3.43. The highest BCUT2D eigenvalue weighted by Crippen LogP contribution is 2.30. The monoisotopic (exact) mass is 457 g/mol. The Labute approximate surface area is 199 Å². The van der Waals surface area contributed by atoms with E-state index in [1.807, 2.05) is 65.9 Å². The van der Waals surface area contributed by atoms with E-state index >= 15 is 0 Å².